The molecule has 0 saturated carbocycles. The third-order valence-electron chi connectivity index (χ3n) is 20.3. The number of ketones is 1. The number of aliphatic hydroxyl groups excluding tert-OH is 14. The lowest BCUT2D eigenvalue weighted by Gasteiger charge is -2.49. The lowest BCUT2D eigenvalue weighted by atomic mass is 9.95. The molecule has 0 aromatic heterocycles. The van der Waals surface area contributed by atoms with E-state index in [1.165, 1.54) is 93.6 Å². The van der Waals surface area contributed by atoms with E-state index in [1.807, 2.05) is 0 Å². The number of non-ortho nitro benzene ring substituents is 3. The van der Waals surface area contributed by atoms with Gasteiger partial charge in [-0.15, -0.1) is 0 Å². The fraction of sp³-hybridized carbons (Fsp3) is 0.688. The van der Waals surface area contributed by atoms with Gasteiger partial charge in [0.1, 0.15) is 133 Å². The number of esters is 3. The predicted molar refractivity (Wildman–Crippen MR) is 413 cm³/mol. The molecule has 696 valence electrons. The number of aliphatic hydroxyl groups is 14. The molecule has 124 heavy (non-hydrogen) atoms. The molecule has 47 nitrogen and oxygen atoms in total. The number of rotatable bonds is 40. The van der Waals surface area contributed by atoms with Gasteiger partial charge >= 0.3 is 17.9 Å². The zero-order valence-electron chi connectivity index (χ0n) is 68.1. The molecule has 6 aliphatic rings. The summed E-state index contributed by atoms with van der Waals surface area (Å²) in [6.45, 7) is 2.96. The van der Waals surface area contributed by atoms with Crippen molar-refractivity contribution in [3.05, 3.63) is 103 Å². The highest BCUT2D eigenvalue weighted by molar-refractivity contribution is 5.78. The Kier molecular flexibility index (Phi) is 42.3. The molecule has 28 atom stereocenters. The van der Waals surface area contributed by atoms with Crippen LogP contribution in [0.15, 0.2) is 72.8 Å². The highest BCUT2D eigenvalue weighted by atomic mass is 16.8. The molecule has 0 spiro atoms. The number of carbonyl (C=O) groups is 6. The second-order valence-corrected chi connectivity index (χ2v) is 29.8. The van der Waals surface area contributed by atoms with Crippen LogP contribution in [-0.2, 0) is 85.6 Å². The normalized spacial score (nSPS) is 32.3. The molecule has 6 heterocycles. The van der Waals surface area contributed by atoms with Crippen molar-refractivity contribution < 1.29 is 186 Å². The number of carbonyl (C=O) groups excluding carboxylic acids is 6. The van der Waals surface area contributed by atoms with Crippen molar-refractivity contribution in [2.75, 3.05) is 46.2 Å². The van der Waals surface area contributed by atoms with Crippen molar-refractivity contribution >= 4 is 52.6 Å². The number of nitrogens with one attached hydrogen (secondary N) is 2. The fourth-order valence-corrected chi connectivity index (χ4v) is 13.6. The quantitative estimate of drug-likeness (QED) is 0.00889. The number of benzene rings is 3. The summed E-state index contributed by atoms with van der Waals surface area (Å²) < 4.78 is 85.8. The number of amides is 2. The molecule has 3 aromatic carbocycles. The lowest BCUT2D eigenvalue weighted by molar-refractivity contribution is -0.385. The van der Waals surface area contributed by atoms with Crippen LogP contribution in [0.1, 0.15) is 118 Å². The molecular formula is C77H112N6O41. The van der Waals surface area contributed by atoms with Crippen LogP contribution < -0.4 is 30.6 Å². The van der Waals surface area contributed by atoms with E-state index in [2.05, 4.69) is 10.6 Å². The van der Waals surface area contributed by atoms with Gasteiger partial charge in [-0.2, -0.15) is 0 Å². The first kappa shape index (κ1) is 103. The van der Waals surface area contributed by atoms with E-state index >= 15 is 0 Å². The summed E-state index contributed by atoms with van der Waals surface area (Å²) in [5.41, 5.74) is 5.21. The molecule has 0 bridgehead atoms. The second kappa shape index (κ2) is 51.0. The van der Waals surface area contributed by atoms with Crippen LogP contribution in [0.3, 0.4) is 0 Å². The third-order valence-corrected chi connectivity index (χ3v) is 20.3. The van der Waals surface area contributed by atoms with Gasteiger partial charge in [0, 0.05) is 102 Å². The molecule has 9 rings (SSSR count). The van der Waals surface area contributed by atoms with Crippen LogP contribution in [0.5, 0.6) is 17.2 Å². The number of nitro groups is 3. The Hall–Kier alpha value is -8.20. The average Bonchev–Trinajstić information content (AvgIpc) is 0.774. The van der Waals surface area contributed by atoms with Crippen LogP contribution in [0.2, 0.25) is 0 Å². The summed E-state index contributed by atoms with van der Waals surface area (Å²) in [4.78, 5) is 102. The lowest BCUT2D eigenvalue weighted by Crippen LogP contribution is -2.68. The van der Waals surface area contributed by atoms with Gasteiger partial charge in [0.25, 0.3) is 17.1 Å². The Labute approximate surface area is 708 Å². The fourth-order valence-electron chi connectivity index (χ4n) is 13.6. The van der Waals surface area contributed by atoms with E-state index < -0.39 is 243 Å². The maximum Gasteiger partial charge on any atom is 0.311 e. The van der Waals surface area contributed by atoms with Gasteiger partial charge in [-0.1, -0.05) is 0 Å². The zero-order valence-corrected chi connectivity index (χ0v) is 68.1. The highest BCUT2D eigenvalue weighted by Gasteiger charge is 2.56. The number of nitrogens with zero attached hydrogens (tertiary/aromatic N) is 3. The molecular weight excluding hydrogens is 1660 g/mol. The van der Waals surface area contributed by atoms with E-state index in [9.17, 15) is 131 Å². The van der Waals surface area contributed by atoms with Crippen LogP contribution in [-0.4, -0.2) is 340 Å². The van der Waals surface area contributed by atoms with Crippen molar-refractivity contribution in [3.63, 3.8) is 0 Å². The molecule has 6 fully saturated rings. The Morgan fingerprint density at radius 1 is 0.395 bits per heavy atom. The topological polar surface area (TPSA) is 704 Å². The van der Waals surface area contributed by atoms with E-state index in [0.29, 0.717) is 51.5 Å². The molecule has 0 aliphatic carbocycles. The number of Topliss-reactive ketones (excluding diaryl/α,β-unsaturated/α-hetero) is 1. The largest absolute Gasteiger partial charge is 0.427 e. The van der Waals surface area contributed by atoms with Crippen LogP contribution >= 0.6 is 0 Å². The van der Waals surface area contributed by atoms with E-state index in [1.54, 1.807) is 0 Å². The Balaban J connectivity index is 0.000000273. The second-order valence-electron chi connectivity index (χ2n) is 29.8. The number of nitro benzene ring substituents is 3. The maximum absolute atomic E-state index is 12.5. The minimum absolute atomic E-state index is 0.0114. The van der Waals surface area contributed by atoms with Gasteiger partial charge in [-0.3, -0.25) is 59.1 Å². The molecule has 6 saturated heterocycles. The first-order valence-electron chi connectivity index (χ1n) is 40.1. The molecule has 10 unspecified atom stereocenters. The summed E-state index contributed by atoms with van der Waals surface area (Å²) in [7, 11) is 0. The smallest absolute Gasteiger partial charge is 0.311 e. The summed E-state index contributed by atoms with van der Waals surface area (Å²) in [6.07, 6.45) is -32.1. The highest BCUT2D eigenvalue weighted by Crippen LogP contribution is 2.37. The number of hydrogen-bond donors (Lipinski definition) is 17. The van der Waals surface area contributed by atoms with Crippen molar-refractivity contribution in [2.24, 2.45) is 5.73 Å². The molecule has 3 aromatic rings. The summed E-state index contributed by atoms with van der Waals surface area (Å²) in [6, 6.07) is 12.6. The van der Waals surface area contributed by atoms with Gasteiger partial charge in [-0.25, -0.2) is 0 Å². The summed E-state index contributed by atoms with van der Waals surface area (Å²) in [5.74, 6) is -2.25. The number of hydrogen-bond acceptors (Lipinski definition) is 42. The monoisotopic (exact) mass is 1780 g/mol. The van der Waals surface area contributed by atoms with E-state index in [-0.39, 0.29) is 98.3 Å². The summed E-state index contributed by atoms with van der Waals surface area (Å²) in [5, 5.41) is 182. The third kappa shape index (κ3) is 30.8. The van der Waals surface area contributed by atoms with Crippen LogP contribution in [0.25, 0.3) is 0 Å². The van der Waals surface area contributed by atoms with Crippen LogP contribution in [0.4, 0.5) is 17.1 Å². The molecule has 6 aliphatic heterocycles. The molecule has 18 N–H and O–H groups in total. The number of ether oxygens (including phenoxy) is 15. The summed E-state index contributed by atoms with van der Waals surface area (Å²) >= 11 is 0. The van der Waals surface area contributed by atoms with Crippen molar-refractivity contribution in [1.82, 2.24) is 10.6 Å². The minimum atomic E-state index is -1.69. The Bertz CT molecular complexity index is 3730. The van der Waals surface area contributed by atoms with Gasteiger partial charge in [-0.05, 0) is 102 Å². The standard InChI is InChI=1S/C36H54N2O19.C23H42N2O14.C18H16N2O8/c1-18-29(45)23(43)15-27(52-18)56-34-33(57-35-28(37-19(2)41)32(48)30(46)24(16-39)54-35)31(47)25(17-40)55-36(34)51-14-6-5-8-21(42)7-3-4-9-26(44)53-22-12-10-20(11-13-22)38(49)50;1-9-16(30)11(29)6-14(35-9)38-21-20(18(32)13(8-27)37-23(21)34-5-3-4-24)39-22-15(25-10(2)28)19(33)17(31)12(7-26)36-22;21-17(27-15-9-5-13(6-10-15)19(23)24)3-1-2-4-18(22)28-16-11-7-14(8-12-16)20(25)26/h10-13,18,23-25,27-36,39-40,43,45-48H,3-9,14-17H2,1-2H3,(H,37,41);9,11-23,26-27,29-33H,3-8,24H2,1-2H3,(H,25,28);5-12H,1-4H2/t18?,23-,24?,25?,27+,28?,29-,30+,31+,32-,33+,34?,35-,36-;9?,11-,12?,13?,14+,15?,16-,17+,18+,19-,20+,21?,22-,23-;/m11./s1. The number of unbranched alkanes of at least 4 members (excludes halogenated alkanes) is 3. The van der Waals surface area contributed by atoms with Crippen molar-refractivity contribution in [3.8, 4) is 17.2 Å². The van der Waals surface area contributed by atoms with E-state index in [0.717, 1.165) is 6.92 Å². The van der Waals surface area contributed by atoms with Gasteiger partial charge in [0.2, 0.25) is 11.8 Å². The molecule has 2 amide bonds. The first-order chi connectivity index (χ1) is 59.0. The Morgan fingerprint density at radius 2 is 0.694 bits per heavy atom. The minimum Gasteiger partial charge on any atom is -0.427 e. The van der Waals surface area contributed by atoms with Crippen LogP contribution in [0, 0.1) is 30.3 Å². The van der Waals surface area contributed by atoms with Gasteiger partial charge in [0.05, 0.1) is 72.2 Å². The zero-order chi connectivity index (χ0) is 91.2. The van der Waals surface area contributed by atoms with E-state index in [4.69, 9.17) is 76.8 Å². The molecule has 0 radical (unpaired) electrons. The first-order valence-corrected chi connectivity index (χ1v) is 40.1. The van der Waals surface area contributed by atoms with Gasteiger partial charge in [0.15, 0.2) is 37.7 Å². The number of nitrogens with two attached hydrogens (primary N) is 1. The average molecular weight is 1780 g/mol. The molecule has 47 heteroatoms. The SMILES string of the molecule is CC(=O)NC1[C@@H](O[C@@H]2C(O[C@H]3C[C@@H](O)[C@H](O)C(C)O3)[C@H](OCCCCC(=O)CCCCC(=O)Oc3ccc([N+](=O)[O-])cc3)OC(CO)[C@@H]2O)OC(CO)[C@H](O)[C@@H]1O.CC(=O)NC1[C@@H](O[C@@H]2C(O[C@H]3C[C@@H](O)[C@H](O)C(C)O3)[C@H](OCCCN)OC(CO)[C@@H]2O)OC(CO)[C@H](O)[C@@H]1O.O=C(CCCCC(=O)Oc1ccc([N+](=O)[O-])cc1)Oc1ccc([N+](=O)[O-])cc1. The van der Waals surface area contributed by atoms with Crippen molar-refractivity contribution in [1.29, 1.82) is 0 Å². The predicted octanol–water partition coefficient (Wildman–Crippen LogP) is -2.96. The van der Waals surface area contributed by atoms with Crippen molar-refractivity contribution in [2.45, 2.75) is 289 Å². The maximum atomic E-state index is 12.5. The Morgan fingerprint density at radius 3 is 0.992 bits per heavy atom. The van der Waals surface area contributed by atoms with Gasteiger partial charge < -0.3 is 159 Å².